The van der Waals surface area contributed by atoms with Gasteiger partial charge in [0.1, 0.15) is 11.6 Å². The average molecular weight is 332 g/mol. The molecule has 22 heavy (non-hydrogen) atoms. The van der Waals surface area contributed by atoms with Gasteiger partial charge in [0.05, 0.1) is 19.2 Å². The highest BCUT2D eigenvalue weighted by molar-refractivity contribution is 6.30. The number of hydrogen-bond acceptors (Lipinski definition) is 3. The number of benzene rings is 1. The van der Waals surface area contributed by atoms with E-state index in [1.165, 1.54) is 26.4 Å². The number of nitrogens with one attached hydrogen (secondary N) is 1. The van der Waals surface area contributed by atoms with E-state index in [4.69, 9.17) is 16.3 Å². The predicted octanol–water partition coefficient (Wildman–Crippen LogP) is 2.49. The molecule has 1 aliphatic carbocycles. The summed E-state index contributed by atoms with van der Waals surface area (Å²) in [6.07, 6.45) is -0.0907. The minimum Gasteiger partial charge on any atom is -0.595 e. The summed E-state index contributed by atoms with van der Waals surface area (Å²) in [5.41, 5.74) is 0.772. The molecule has 0 aromatic heterocycles. The molecule has 0 saturated heterocycles. The molecular formula is C15H16ClF2NO3. The Morgan fingerprint density at radius 3 is 2.77 bits per heavy atom. The Balaban J connectivity index is 2.37. The third kappa shape index (κ3) is 3.47. The first-order chi connectivity index (χ1) is 10.5. The van der Waals surface area contributed by atoms with E-state index in [0.717, 1.165) is 0 Å². The molecule has 2 atom stereocenters. The van der Waals surface area contributed by atoms with Crippen LogP contribution in [0.4, 0.5) is 8.78 Å². The molecule has 0 fully saturated rings. The second-order valence-corrected chi connectivity index (χ2v) is 5.21. The van der Waals surface area contributed by atoms with Crippen molar-refractivity contribution in [3.63, 3.8) is 0 Å². The van der Waals surface area contributed by atoms with E-state index in [2.05, 4.69) is 4.84 Å². The minimum absolute atomic E-state index is 0.00779. The molecule has 0 bridgehead atoms. The summed E-state index contributed by atoms with van der Waals surface area (Å²) in [5, 5.41) is 10.9. The summed E-state index contributed by atoms with van der Waals surface area (Å²) >= 11 is 5.75. The van der Waals surface area contributed by atoms with Crippen LogP contribution in [0, 0.1) is 11.0 Å². The van der Waals surface area contributed by atoms with Crippen molar-refractivity contribution < 1.29 is 23.6 Å². The van der Waals surface area contributed by atoms with Gasteiger partial charge in [0, 0.05) is 24.5 Å². The van der Waals surface area contributed by atoms with E-state index in [-0.39, 0.29) is 23.6 Å². The second-order valence-electron chi connectivity index (χ2n) is 4.81. The van der Waals surface area contributed by atoms with Crippen molar-refractivity contribution in [1.29, 1.82) is 0 Å². The van der Waals surface area contributed by atoms with Crippen LogP contribution >= 0.6 is 11.6 Å². The molecule has 1 N–H and O–H groups in total. The van der Waals surface area contributed by atoms with Crippen LogP contribution in [0.3, 0.4) is 0 Å². The molecule has 0 radical (unpaired) electrons. The standard InChI is InChI=1S/C15H16ClF2NO3/c1-21-14-8-12(17)13(19(20)22-2)7-10(14)6-9-4-3-5-11(16)15(9)18/h3-5,7,12,19H,6,8H2,1-2H3. The largest absolute Gasteiger partial charge is 0.595 e. The van der Waals surface area contributed by atoms with E-state index < -0.39 is 17.2 Å². The number of hydrogen-bond donors (Lipinski definition) is 1. The van der Waals surface area contributed by atoms with Gasteiger partial charge in [-0.3, -0.25) is 0 Å². The Labute approximate surface area is 132 Å². The number of ether oxygens (including phenoxy) is 1. The molecule has 0 saturated carbocycles. The minimum atomic E-state index is -1.50. The fourth-order valence-electron chi connectivity index (χ4n) is 2.32. The highest BCUT2D eigenvalue weighted by Crippen LogP contribution is 2.29. The second kappa shape index (κ2) is 7.19. The number of rotatable bonds is 5. The van der Waals surface area contributed by atoms with Crippen LogP contribution in [-0.2, 0) is 16.0 Å². The lowest BCUT2D eigenvalue weighted by Gasteiger charge is -2.27. The van der Waals surface area contributed by atoms with Gasteiger partial charge in [0.25, 0.3) is 0 Å². The van der Waals surface area contributed by atoms with Crippen LogP contribution in [0.15, 0.2) is 41.3 Å². The van der Waals surface area contributed by atoms with Gasteiger partial charge in [-0.05, 0) is 11.6 Å². The fourth-order valence-corrected chi connectivity index (χ4v) is 2.52. The van der Waals surface area contributed by atoms with Crippen LogP contribution < -0.4 is 5.23 Å². The lowest BCUT2D eigenvalue weighted by molar-refractivity contribution is -1.02. The zero-order valence-electron chi connectivity index (χ0n) is 12.2. The third-order valence-electron chi connectivity index (χ3n) is 3.47. The van der Waals surface area contributed by atoms with E-state index in [1.54, 1.807) is 12.1 Å². The molecule has 1 aromatic carbocycles. The van der Waals surface area contributed by atoms with Crippen LogP contribution in [-0.4, -0.2) is 20.4 Å². The first-order valence-electron chi connectivity index (χ1n) is 6.60. The van der Waals surface area contributed by atoms with Gasteiger partial charge in [-0.15, -0.1) is 0 Å². The fraction of sp³-hybridized carbons (Fsp3) is 0.333. The van der Waals surface area contributed by atoms with Gasteiger partial charge in [-0.25, -0.2) is 13.6 Å². The molecule has 0 heterocycles. The molecule has 0 amide bonds. The van der Waals surface area contributed by atoms with Crippen molar-refractivity contribution in [3.8, 4) is 0 Å². The molecular weight excluding hydrogens is 316 g/mol. The van der Waals surface area contributed by atoms with Gasteiger partial charge in [0.2, 0.25) is 0 Å². The number of halogens is 3. The highest BCUT2D eigenvalue weighted by Gasteiger charge is 2.29. The Kier molecular flexibility index (Phi) is 5.52. The van der Waals surface area contributed by atoms with E-state index in [1.807, 2.05) is 0 Å². The Hall–Kier alpha value is -1.47. The van der Waals surface area contributed by atoms with Crippen molar-refractivity contribution in [2.75, 3.05) is 14.2 Å². The van der Waals surface area contributed by atoms with Gasteiger partial charge >= 0.3 is 0 Å². The average Bonchev–Trinajstić information content (AvgIpc) is 2.52. The van der Waals surface area contributed by atoms with Crippen LogP contribution in [0.1, 0.15) is 12.0 Å². The van der Waals surface area contributed by atoms with Crippen molar-refractivity contribution in [1.82, 2.24) is 0 Å². The van der Waals surface area contributed by atoms with E-state index >= 15 is 0 Å². The predicted molar refractivity (Wildman–Crippen MR) is 78.1 cm³/mol. The molecule has 7 heteroatoms. The monoisotopic (exact) mass is 331 g/mol. The van der Waals surface area contributed by atoms with Gasteiger partial charge in [-0.2, -0.15) is 5.23 Å². The van der Waals surface area contributed by atoms with Gasteiger partial charge < -0.3 is 9.94 Å². The summed E-state index contributed by atoms with van der Waals surface area (Å²) in [5.74, 6) is -0.165. The molecule has 120 valence electrons. The Bertz CT molecular complexity index is 619. The number of quaternary nitrogens is 1. The number of hydroxylamine groups is 2. The smallest absolute Gasteiger partial charge is 0.184 e. The molecule has 2 rings (SSSR count). The molecule has 0 aliphatic heterocycles. The molecule has 1 aromatic rings. The maximum absolute atomic E-state index is 14.0. The van der Waals surface area contributed by atoms with Crippen molar-refractivity contribution in [2.24, 2.45) is 0 Å². The zero-order chi connectivity index (χ0) is 16.3. The highest BCUT2D eigenvalue weighted by atomic mass is 35.5. The van der Waals surface area contributed by atoms with Gasteiger partial charge in [-0.1, -0.05) is 23.7 Å². The SMILES string of the molecule is COC1=C(Cc2cccc(Cl)c2F)C=C([NH+]([O-])OC)C(F)C1. The number of methoxy groups -OCH3 is 1. The zero-order valence-corrected chi connectivity index (χ0v) is 12.9. The van der Waals surface area contributed by atoms with Crippen LogP contribution in [0.25, 0.3) is 0 Å². The first kappa shape index (κ1) is 16.9. The molecule has 1 aliphatic rings. The third-order valence-corrected chi connectivity index (χ3v) is 3.76. The Morgan fingerprint density at radius 1 is 1.41 bits per heavy atom. The van der Waals surface area contributed by atoms with Crippen molar-refractivity contribution >= 4 is 11.6 Å². The quantitative estimate of drug-likeness (QED) is 0.843. The van der Waals surface area contributed by atoms with E-state index in [9.17, 15) is 14.0 Å². The maximum atomic E-state index is 14.0. The number of alkyl halides is 1. The molecule has 4 nitrogen and oxygen atoms in total. The summed E-state index contributed by atoms with van der Waals surface area (Å²) in [4.78, 5) is 4.56. The van der Waals surface area contributed by atoms with Crippen LogP contribution in [0.5, 0.6) is 0 Å². The summed E-state index contributed by atoms with van der Waals surface area (Å²) in [6.45, 7) is 0. The van der Waals surface area contributed by atoms with E-state index in [0.29, 0.717) is 16.9 Å². The topological polar surface area (TPSA) is 46.0 Å². The van der Waals surface area contributed by atoms with Crippen LogP contribution in [0.2, 0.25) is 5.02 Å². The summed E-state index contributed by atoms with van der Waals surface area (Å²) in [6, 6.07) is 4.65. The lowest BCUT2D eigenvalue weighted by atomic mass is 9.95. The Morgan fingerprint density at radius 2 is 2.14 bits per heavy atom. The maximum Gasteiger partial charge on any atom is 0.184 e. The summed E-state index contributed by atoms with van der Waals surface area (Å²) < 4.78 is 33.2. The van der Waals surface area contributed by atoms with Crippen molar-refractivity contribution in [2.45, 2.75) is 19.0 Å². The van der Waals surface area contributed by atoms with Gasteiger partial charge in [0.15, 0.2) is 11.9 Å². The first-order valence-corrected chi connectivity index (χ1v) is 6.98. The molecule has 2 unspecified atom stereocenters. The summed E-state index contributed by atoms with van der Waals surface area (Å²) in [7, 11) is 2.59. The normalized spacial score (nSPS) is 19.9. The molecule has 0 spiro atoms. The number of allylic oxidation sites excluding steroid dienone is 4. The van der Waals surface area contributed by atoms with Crippen molar-refractivity contribution in [3.05, 3.63) is 62.9 Å². The lowest BCUT2D eigenvalue weighted by Crippen LogP contribution is -3.05.